The normalized spacial score (nSPS) is 11.9. The van der Waals surface area contributed by atoms with Gasteiger partial charge in [-0.15, -0.1) is 0 Å². The molecule has 0 radical (unpaired) electrons. The Hall–Kier alpha value is -1.50. The fourth-order valence-electron chi connectivity index (χ4n) is 2.18. The molecule has 0 aliphatic carbocycles. The van der Waals surface area contributed by atoms with E-state index in [1.165, 1.54) is 0 Å². The number of nitrogens with zero attached hydrogens (tertiary/aromatic N) is 1. The summed E-state index contributed by atoms with van der Waals surface area (Å²) in [6.45, 7) is 0.699. The predicted octanol–water partition coefficient (Wildman–Crippen LogP) is 2.29. The number of hydrogen-bond donors (Lipinski definition) is 0. The summed E-state index contributed by atoms with van der Waals surface area (Å²) < 4.78 is 32.3. The third kappa shape index (κ3) is 4.77. The number of aryl methyl sites for hydroxylation is 1. The molecule has 0 amide bonds. The maximum atomic E-state index is 11.2. The van der Waals surface area contributed by atoms with Crippen molar-refractivity contribution in [1.29, 1.82) is 0 Å². The third-order valence-electron chi connectivity index (χ3n) is 3.09. The second-order valence-electron chi connectivity index (χ2n) is 4.89. The van der Waals surface area contributed by atoms with Gasteiger partial charge in [0.15, 0.2) is 0 Å². The molecule has 0 spiro atoms. The number of pyridine rings is 1. The lowest BCUT2D eigenvalue weighted by Crippen LogP contribution is -2.04. The van der Waals surface area contributed by atoms with E-state index in [2.05, 4.69) is 11.1 Å². The predicted molar refractivity (Wildman–Crippen MR) is 81.6 cm³/mol. The van der Waals surface area contributed by atoms with Crippen LogP contribution in [0.5, 0.6) is 0 Å². The molecule has 0 saturated heterocycles. The maximum Gasteiger partial charge on any atom is 0.264 e. The van der Waals surface area contributed by atoms with Gasteiger partial charge in [0, 0.05) is 30.9 Å². The Morgan fingerprint density at radius 1 is 1.29 bits per heavy atom. The summed E-state index contributed by atoms with van der Waals surface area (Å²) in [6.07, 6.45) is 4.52. The average molecular weight is 309 g/mol. The first-order valence-corrected chi connectivity index (χ1v) is 8.51. The van der Waals surface area contributed by atoms with Gasteiger partial charge in [-0.25, -0.2) is 0 Å². The van der Waals surface area contributed by atoms with E-state index in [1.807, 2.05) is 18.2 Å². The minimum absolute atomic E-state index is 0.00443. The molecule has 5 nitrogen and oxygen atoms in total. The van der Waals surface area contributed by atoms with Crippen molar-refractivity contribution in [2.45, 2.75) is 19.4 Å². The first kappa shape index (κ1) is 15.9. The first-order chi connectivity index (χ1) is 9.99. The largest absolute Gasteiger partial charge is 0.385 e. The van der Waals surface area contributed by atoms with Gasteiger partial charge in [0.1, 0.15) is 0 Å². The quantitative estimate of drug-likeness (QED) is 0.580. The number of methoxy groups -OCH3 is 1. The second kappa shape index (κ2) is 6.98. The fourth-order valence-corrected chi connectivity index (χ4v) is 2.52. The van der Waals surface area contributed by atoms with Crippen LogP contribution in [0.4, 0.5) is 0 Å². The fraction of sp³-hybridized carbons (Fsp3) is 0.400. The number of rotatable bonds is 7. The van der Waals surface area contributed by atoms with Gasteiger partial charge in [-0.1, -0.05) is 12.1 Å². The molecule has 1 heterocycles. The summed E-state index contributed by atoms with van der Waals surface area (Å²) in [5.74, 6) is 0. The molecular formula is C15H19NO4S. The standard InChI is InChI=1S/C15H19NO4S/c1-19-8-4-5-12-9-13-6-3-7-16-15(13)14(10-12)11-20-21(2,17)18/h3,6-7,9-10H,4-5,8,11H2,1-2H3. The Balaban J connectivity index is 2.31. The van der Waals surface area contributed by atoms with Crippen LogP contribution in [0.15, 0.2) is 30.5 Å². The van der Waals surface area contributed by atoms with Gasteiger partial charge in [0.05, 0.1) is 18.4 Å². The number of hydrogen-bond acceptors (Lipinski definition) is 5. The van der Waals surface area contributed by atoms with Crippen LogP contribution < -0.4 is 0 Å². The van der Waals surface area contributed by atoms with Crippen molar-refractivity contribution >= 4 is 21.0 Å². The first-order valence-electron chi connectivity index (χ1n) is 6.69. The molecule has 0 bridgehead atoms. The number of benzene rings is 1. The van der Waals surface area contributed by atoms with E-state index in [0.29, 0.717) is 6.61 Å². The smallest absolute Gasteiger partial charge is 0.264 e. The summed E-state index contributed by atoms with van der Waals surface area (Å²) in [5, 5.41) is 0.986. The maximum absolute atomic E-state index is 11.2. The van der Waals surface area contributed by atoms with Crippen LogP contribution >= 0.6 is 0 Å². The highest BCUT2D eigenvalue weighted by Gasteiger charge is 2.09. The average Bonchev–Trinajstić information content (AvgIpc) is 2.44. The Morgan fingerprint density at radius 3 is 2.81 bits per heavy atom. The van der Waals surface area contributed by atoms with Gasteiger partial charge < -0.3 is 4.74 Å². The topological polar surface area (TPSA) is 65.5 Å². The minimum atomic E-state index is -3.47. The molecule has 0 aliphatic heterocycles. The Bertz CT molecular complexity index is 713. The zero-order valence-electron chi connectivity index (χ0n) is 12.2. The summed E-state index contributed by atoms with van der Waals surface area (Å²) >= 11 is 0. The molecule has 6 heteroatoms. The van der Waals surface area contributed by atoms with E-state index < -0.39 is 10.1 Å². The molecule has 0 unspecified atom stereocenters. The van der Waals surface area contributed by atoms with Crippen LogP contribution in [0.1, 0.15) is 17.5 Å². The van der Waals surface area contributed by atoms with Gasteiger partial charge >= 0.3 is 0 Å². The van der Waals surface area contributed by atoms with Crippen molar-refractivity contribution in [2.75, 3.05) is 20.0 Å². The molecule has 114 valence electrons. The monoisotopic (exact) mass is 309 g/mol. The van der Waals surface area contributed by atoms with Gasteiger partial charge in [-0.2, -0.15) is 8.42 Å². The molecule has 0 aliphatic rings. The van der Waals surface area contributed by atoms with Crippen LogP contribution in [0.25, 0.3) is 10.9 Å². The minimum Gasteiger partial charge on any atom is -0.385 e. The van der Waals surface area contributed by atoms with Crippen LogP contribution in [0, 0.1) is 0 Å². The van der Waals surface area contributed by atoms with Crippen molar-refractivity contribution < 1.29 is 17.3 Å². The Morgan fingerprint density at radius 2 is 2.10 bits per heavy atom. The summed E-state index contributed by atoms with van der Waals surface area (Å²) in [7, 11) is -1.80. The highest BCUT2D eigenvalue weighted by molar-refractivity contribution is 7.85. The summed E-state index contributed by atoms with van der Waals surface area (Å²) in [5.41, 5.74) is 2.68. The molecule has 2 aromatic rings. The highest BCUT2D eigenvalue weighted by atomic mass is 32.2. The summed E-state index contributed by atoms with van der Waals surface area (Å²) in [4.78, 5) is 4.32. The Labute approximate surface area is 125 Å². The van der Waals surface area contributed by atoms with E-state index in [1.54, 1.807) is 13.3 Å². The SMILES string of the molecule is COCCCc1cc(COS(C)(=O)=O)c2ncccc2c1. The van der Waals surface area contributed by atoms with Crippen molar-refractivity contribution in [3.8, 4) is 0 Å². The second-order valence-corrected chi connectivity index (χ2v) is 6.54. The van der Waals surface area contributed by atoms with Crippen molar-refractivity contribution in [1.82, 2.24) is 4.98 Å². The lowest BCUT2D eigenvalue weighted by Gasteiger charge is -2.09. The van der Waals surface area contributed by atoms with Crippen LogP contribution in [-0.2, 0) is 32.1 Å². The molecule has 0 N–H and O–H groups in total. The molecule has 21 heavy (non-hydrogen) atoms. The van der Waals surface area contributed by atoms with E-state index >= 15 is 0 Å². The molecule has 2 rings (SSSR count). The van der Waals surface area contributed by atoms with E-state index in [0.717, 1.165) is 41.1 Å². The van der Waals surface area contributed by atoms with Crippen LogP contribution in [0.3, 0.4) is 0 Å². The zero-order chi connectivity index (χ0) is 15.3. The zero-order valence-corrected chi connectivity index (χ0v) is 13.0. The molecule has 0 saturated carbocycles. The van der Waals surface area contributed by atoms with Gasteiger partial charge in [-0.05, 0) is 30.5 Å². The van der Waals surface area contributed by atoms with Gasteiger partial charge in [-0.3, -0.25) is 9.17 Å². The summed E-state index contributed by atoms with van der Waals surface area (Å²) in [6, 6.07) is 7.85. The van der Waals surface area contributed by atoms with Crippen molar-refractivity contribution in [2.24, 2.45) is 0 Å². The van der Waals surface area contributed by atoms with E-state index in [9.17, 15) is 8.42 Å². The third-order valence-corrected chi connectivity index (χ3v) is 3.63. The molecular weight excluding hydrogens is 290 g/mol. The number of aromatic nitrogens is 1. The van der Waals surface area contributed by atoms with Crippen molar-refractivity contribution in [3.63, 3.8) is 0 Å². The molecule has 0 atom stereocenters. The van der Waals surface area contributed by atoms with Crippen LogP contribution in [-0.4, -0.2) is 33.4 Å². The number of ether oxygens (including phenoxy) is 1. The molecule has 0 fully saturated rings. The lowest BCUT2D eigenvalue weighted by atomic mass is 10.0. The van der Waals surface area contributed by atoms with Gasteiger partial charge in [0.25, 0.3) is 10.1 Å². The van der Waals surface area contributed by atoms with Crippen LogP contribution in [0.2, 0.25) is 0 Å². The van der Waals surface area contributed by atoms with E-state index in [4.69, 9.17) is 8.92 Å². The van der Waals surface area contributed by atoms with Gasteiger partial charge in [0.2, 0.25) is 0 Å². The lowest BCUT2D eigenvalue weighted by molar-refractivity contribution is 0.195. The Kier molecular flexibility index (Phi) is 5.27. The van der Waals surface area contributed by atoms with E-state index in [-0.39, 0.29) is 6.61 Å². The molecule has 1 aromatic heterocycles. The van der Waals surface area contributed by atoms with Crippen molar-refractivity contribution in [3.05, 3.63) is 41.6 Å². The molecule has 1 aromatic carbocycles. The number of fused-ring (bicyclic) bond motifs is 1. The highest BCUT2D eigenvalue weighted by Crippen LogP contribution is 2.21.